The van der Waals surface area contributed by atoms with Crippen LogP contribution < -0.4 is 0 Å². The predicted molar refractivity (Wildman–Crippen MR) is 91.2 cm³/mol. The van der Waals surface area contributed by atoms with E-state index in [1.165, 1.54) is 0 Å². The Morgan fingerprint density at radius 3 is 2.78 bits per heavy atom. The molecule has 0 spiro atoms. The summed E-state index contributed by atoms with van der Waals surface area (Å²) in [6.45, 7) is 3.83. The molecule has 0 aliphatic carbocycles. The molecule has 0 amide bonds. The van der Waals surface area contributed by atoms with E-state index in [4.69, 9.17) is 4.98 Å². The lowest BCUT2D eigenvalue weighted by Gasteiger charge is -2.05. The van der Waals surface area contributed by atoms with Crippen LogP contribution in [0.5, 0.6) is 5.75 Å². The highest BCUT2D eigenvalue weighted by atomic mass is 16.3. The number of rotatable bonds is 2. The second-order valence-electron chi connectivity index (χ2n) is 5.87. The third kappa shape index (κ3) is 2.06. The molecule has 4 aromatic rings. The van der Waals surface area contributed by atoms with E-state index in [-0.39, 0.29) is 11.5 Å². The van der Waals surface area contributed by atoms with Gasteiger partial charge in [0.2, 0.25) is 0 Å². The van der Waals surface area contributed by atoms with E-state index in [0.29, 0.717) is 6.42 Å². The Labute approximate surface area is 133 Å². The monoisotopic (exact) mass is 304 g/mol. The fraction of sp³-hybridized carbons (Fsp3) is 0.158. The van der Waals surface area contributed by atoms with Gasteiger partial charge in [-0.3, -0.25) is 4.79 Å². The molecule has 0 bridgehead atoms. The van der Waals surface area contributed by atoms with Crippen molar-refractivity contribution in [2.75, 3.05) is 0 Å². The summed E-state index contributed by atoms with van der Waals surface area (Å²) in [4.78, 5) is 16.8. The fourth-order valence-corrected chi connectivity index (χ4v) is 3.09. The van der Waals surface area contributed by atoms with E-state index in [0.717, 1.165) is 38.4 Å². The Kier molecular flexibility index (Phi) is 2.88. The lowest BCUT2D eigenvalue weighted by atomic mass is 10.0. The van der Waals surface area contributed by atoms with E-state index in [1.54, 1.807) is 18.2 Å². The molecule has 0 saturated carbocycles. The Morgan fingerprint density at radius 1 is 1.17 bits per heavy atom. The molecule has 0 atom stereocenters. The molecule has 114 valence electrons. The molecule has 4 nitrogen and oxygen atoms in total. The summed E-state index contributed by atoms with van der Waals surface area (Å²) in [5.41, 5.74) is 4.34. The van der Waals surface area contributed by atoms with Gasteiger partial charge in [0.05, 0.1) is 16.6 Å². The molecular weight excluding hydrogens is 288 g/mol. The molecule has 4 rings (SSSR count). The standard InChI is InChI=1S/C19H16N2O2/c1-3-18(23)15-8-17-19-13(10-21(17)9-11(15)2)6-12-7-14(22)4-5-16(12)20-19/h4-10,22H,3H2,1-2H3. The topological polar surface area (TPSA) is 54.6 Å². The SMILES string of the molecule is CCC(=O)c1cc2c3nc4ccc(O)cc4cc3cn2cc1C. The number of pyridine rings is 2. The number of carbonyl (C=O) groups is 1. The Bertz CT molecular complexity index is 1090. The van der Waals surface area contributed by atoms with Crippen LogP contribution in [0, 0.1) is 6.92 Å². The van der Waals surface area contributed by atoms with Gasteiger partial charge in [0.15, 0.2) is 5.78 Å². The first-order valence-electron chi connectivity index (χ1n) is 7.65. The summed E-state index contributed by atoms with van der Waals surface area (Å²) in [6, 6.07) is 9.10. The molecule has 0 fully saturated rings. The Hall–Kier alpha value is -2.88. The van der Waals surface area contributed by atoms with E-state index < -0.39 is 0 Å². The summed E-state index contributed by atoms with van der Waals surface area (Å²) in [5.74, 6) is 0.374. The average Bonchev–Trinajstić information content (AvgIpc) is 2.87. The highest BCUT2D eigenvalue weighted by Gasteiger charge is 2.13. The number of aromatic hydroxyl groups is 1. The number of phenols is 1. The van der Waals surface area contributed by atoms with Crippen LogP contribution in [0.2, 0.25) is 0 Å². The second-order valence-corrected chi connectivity index (χ2v) is 5.87. The number of fused-ring (bicyclic) bond motifs is 4. The lowest BCUT2D eigenvalue weighted by molar-refractivity contribution is 0.0987. The van der Waals surface area contributed by atoms with Crippen LogP contribution in [-0.2, 0) is 0 Å². The summed E-state index contributed by atoms with van der Waals surface area (Å²) >= 11 is 0. The second kappa shape index (κ2) is 4.81. The Morgan fingerprint density at radius 2 is 2.00 bits per heavy atom. The van der Waals surface area contributed by atoms with Crippen LogP contribution in [-0.4, -0.2) is 20.3 Å². The molecule has 3 heterocycles. The van der Waals surface area contributed by atoms with Gasteiger partial charge in [-0.15, -0.1) is 0 Å². The van der Waals surface area contributed by atoms with Gasteiger partial charge in [0.25, 0.3) is 0 Å². The number of nitrogens with zero attached hydrogens (tertiary/aromatic N) is 2. The van der Waals surface area contributed by atoms with Crippen LogP contribution in [0.25, 0.3) is 27.3 Å². The van der Waals surface area contributed by atoms with Gasteiger partial charge in [-0.05, 0) is 42.8 Å². The van der Waals surface area contributed by atoms with Crippen molar-refractivity contribution in [3.05, 3.63) is 53.9 Å². The van der Waals surface area contributed by atoms with Crippen molar-refractivity contribution >= 4 is 33.1 Å². The zero-order chi connectivity index (χ0) is 16.1. The van der Waals surface area contributed by atoms with Crippen LogP contribution in [0.1, 0.15) is 29.3 Å². The summed E-state index contributed by atoms with van der Waals surface area (Å²) in [5, 5.41) is 11.5. The normalized spacial score (nSPS) is 11.6. The highest BCUT2D eigenvalue weighted by molar-refractivity contribution is 6.04. The number of aromatic nitrogens is 2. The number of hydrogen-bond donors (Lipinski definition) is 1. The summed E-state index contributed by atoms with van der Waals surface area (Å²) < 4.78 is 2.01. The molecule has 23 heavy (non-hydrogen) atoms. The number of aryl methyl sites for hydroxylation is 1. The minimum Gasteiger partial charge on any atom is -0.508 e. The predicted octanol–water partition coefficient (Wildman–Crippen LogP) is 4.25. The van der Waals surface area contributed by atoms with Gasteiger partial charge in [0.1, 0.15) is 5.75 Å². The minimum absolute atomic E-state index is 0.144. The number of phenolic OH excluding ortho intramolecular Hbond substituents is 1. The van der Waals surface area contributed by atoms with Crippen molar-refractivity contribution in [2.24, 2.45) is 0 Å². The van der Waals surface area contributed by atoms with Crippen LogP contribution in [0.15, 0.2) is 42.7 Å². The summed E-state index contributed by atoms with van der Waals surface area (Å²) in [6.07, 6.45) is 4.47. The number of benzene rings is 1. The van der Waals surface area contributed by atoms with Gasteiger partial charge in [-0.2, -0.15) is 0 Å². The first-order valence-corrected chi connectivity index (χ1v) is 7.65. The minimum atomic E-state index is 0.144. The van der Waals surface area contributed by atoms with Crippen molar-refractivity contribution in [1.82, 2.24) is 9.38 Å². The third-order valence-corrected chi connectivity index (χ3v) is 4.29. The van der Waals surface area contributed by atoms with Gasteiger partial charge in [0, 0.05) is 35.2 Å². The number of carbonyl (C=O) groups excluding carboxylic acids is 1. The zero-order valence-electron chi connectivity index (χ0n) is 13.0. The maximum atomic E-state index is 12.1. The zero-order valence-corrected chi connectivity index (χ0v) is 13.0. The largest absolute Gasteiger partial charge is 0.508 e. The van der Waals surface area contributed by atoms with Crippen molar-refractivity contribution in [1.29, 1.82) is 0 Å². The number of hydrogen-bond acceptors (Lipinski definition) is 3. The van der Waals surface area contributed by atoms with E-state index >= 15 is 0 Å². The molecular formula is C19H16N2O2. The van der Waals surface area contributed by atoms with Crippen LogP contribution in [0.4, 0.5) is 0 Å². The maximum absolute atomic E-state index is 12.1. The Balaban J connectivity index is 2.09. The quantitative estimate of drug-likeness (QED) is 0.563. The fourth-order valence-electron chi connectivity index (χ4n) is 3.09. The van der Waals surface area contributed by atoms with Crippen molar-refractivity contribution in [3.63, 3.8) is 0 Å². The van der Waals surface area contributed by atoms with Gasteiger partial charge >= 0.3 is 0 Å². The molecule has 3 aromatic heterocycles. The van der Waals surface area contributed by atoms with Crippen LogP contribution in [0.3, 0.4) is 0 Å². The molecule has 1 N–H and O–H groups in total. The molecule has 4 heteroatoms. The van der Waals surface area contributed by atoms with Crippen molar-refractivity contribution < 1.29 is 9.90 Å². The number of ketones is 1. The molecule has 0 unspecified atom stereocenters. The van der Waals surface area contributed by atoms with Crippen molar-refractivity contribution in [2.45, 2.75) is 20.3 Å². The number of Topliss-reactive ketones (excluding diaryl/α,β-unsaturated/α-hetero) is 1. The van der Waals surface area contributed by atoms with Crippen LogP contribution >= 0.6 is 0 Å². The molecule has 0 saturated heterocycles. The molecule has 1 aromatic carbocycles. The lowest BCUT2D eigenvalue weighted by Crippen LogP contribution is -2.01. The average molecular weight is 304 g/mol. The third-order valence-electron chi connectivity index (χ3n) is 4.29. The van der Waals surface area contributed by atoms with E-state index in [1.807, 2.05) is 42.8 Å². The van der Waals surface area contributed by atoms with Crippen molar-refractivity contribution in [3.8, 4) is 5.75 Å². The molecule has 0 radical (unpaired) electrons. The molecule has 0 aliphatic rings. The van der Waals surface area contributed by atoms with Gasteiger partial charge < -0.3 is 9.51 Å². The van der Waals surface area contributed by atoms with E-state index in [2.05, 4.69) is 0 Å². The molecule has 0 aliphatic heterocycles. The van der Waals surface area contributed by atoms with Gasteiger partial charge in [-0.1, -0.05) is 6.92 Å². The maximum Gasteiger partial charge on any atom is 0.162 e. The summed E-state index contributed by atoms with van der Waals surface area (Å²) in [7, 11) is 0. The smallest absolute Gasteiger partial charge is 0.162 e. The first-order chi connectivity index (χ1) is 11.1. The highest BCUT2D eigenvalue weighted by Crippen LogP contribution is 2.28. The van der Waals surface area contributed by atoms with E-state index in [9.17, 15) is 9.90 Å². The van der Waals surface area contributed by atoms with Gasteiger partial charge in [-0.25, -0.2) is 4.98 Å². The first kappa shape index (κ1) is 13.8.